The predicted octanol–water partition coefficient (Wildman–Crippen LogP) is 2.89. The van der Waals surface area contributed by atoms with Gasteiger partial charge in [-0.25, -0.2) is 14.5 Å². The second-order valence-electron chi connectivity index (χ2n) is 6.11. The number of hydrogen-bond donors (Lipinski definition) is 3. The van der Waals surface area contributed by atoms with Crippen LogP contribution in [0, 0.1) is 0 Å². The third kappa shape index (κ3) is 2.63. The van der Waals surface area contributed by atoms with Gasteiger partial charge < -0.3 is 16.0 Å². The van der Waals surface area contributed by atoms with Crippen LogP contribution in [-0.2, 0) is 6.54 Å². The summed E-state index contributed by atoms with van der Waals surface area (Å²) in [5.41, 5.74) is 10.2. The molecule has 5 rings (SSSR count). The number of aromatic amines is 1. The molecule has 0 saturated carbocycles. The highest BCUT2D eigenvalue weighted by atomic mass is 15.3. The molecule has 0 spiro atoms. The van der Waals surface area contributed by atoms with Gasteiger partial charge >= 0.3 is 0 Å². The fraction of sp³-hybridized carbons (Fsp3) is 0.0526. The van der Waals surface area contributed by atoms with Gasteiger partial charge in [0, 0.05) is 6.54 Å². The van der Waals surface area contributed by atoms with Gasteiger partial charge in [-0.15, -0.1) is 0 Å². The molecule has 0 aliphatic carbocycles. The Morgan fingerprint density at radius 2 is 1.78 bits per heavy atom. The largest absolute Gasteiger partial charge is 0.369 e. The summed E-state index contributed by atoms with van der Waals surface area (Å²) >= 11 is 0. The maximum Gasteiger partial charge on any atom is 0.241 e. The summed E-state index contributed by atoms with van der Waals surface area (Å²) in [7, 11) is 0. The Labute approximate surface area is 154 Å². The van der Waals surface area contributed by atoms with Gasteiger partial charge in [0.15, 0.2) is 11.5 Å². The van der Waals surface area contributed by atoms with E-state index in [4.69, 9.17) is 10.7 Å². The average Bonchev–Trinajstić information content (AvgIpc) is 3.30. The molecule has 0 amide bonds. The highest BCUT2D eigenvalue weighted by Gasteiger charge is 2.16. The van der Waals surface area contributed by atoms with Crippen molar-refractivity contribution in [2.75, 3.05) is 11.1 Å². The molecule has 2 aromatic carbocycles. The zero-order valence-corrected chi connectivity index (χ0v) is 14.3. The van der Waals surface area contributed by atoms with Crippen molar-refractivity contribution < 1.29 is 0 Å². The summed E-state index contributed by atoms with van der Waals surface area (Å²) in [6.07, 6.45) is 1.60. The van der Waals surface area contributed by atoms with E-state index in [-0.39, 0.29) is 0 Å². The molecular weight excluding hydrogens is 340 g/mol. The Bertz CT molecular complexity index is 1240. The van der Waals surface area contributed by atoms with Crippen molar-refractivity contribution in [1.29, 1.82) is 0 Å². The molecule has 3 aromatic heterocycles. The normalized spacial score (nSPS) is 11.3. The summed E-state index contributed by atoms with van der Waals surface area (Å²) in [6, 6.07) is 17.8. The Kier molecular flexibility index (Phi) is 3.46. The van der Waals surface area contributed by atoms with Crippen LogP contribution in [0.4, 0.5) is 11.8 Å². The second-order valence-corrected chi connectivity index (χ2v) is 6.11. The molecule has 5 aromatic rings. The summed E-state index contributed by atoms with van der Waals surface area (Å²) in [5, 5.41) is 3.36. The number of hydrogen-bond acceptors (Lipinski definition) is 6. The zero-order chi connectivity index (χ0) is 18.2. The molecule has 0 unspecified atom stereocenters. The third-order valence-electron chi connectivity index (χ3n) is 4.36. The minimum Gasteiger partial charge on any atom is -0.369 e. The minimum absolute atomic E-state index is 0.333. The van der Waals surface area contributed by atoms with Crippen LogP contribution in [0.15, 0.2) is 60.9 Å². The number of nitrogens with two attached hydrogens (primary N) is 1. The Hall–Kier alpha value is -3.94. The second kappa shape index (κ2) is 6.10. The highest BCUT2D eigenvalue weighted by Crippen LogP contribution is 2.24. The maximum atomic E-state index is 6.14. The molecule has 27 heavy (non-hydrogen) atoms. The minimum atomic E-state index is 0.333. The number of fused-ring (bicyclic) bond motifs is 2. The average molecular weight is 356 g/mol. The SMILES string of the molecule is Nc1nc2ccccc2n1-c1nc(NCc2ccccc2)c2[nH]cnc2n1. The van der Waals surface area contributed by atoms with Crippen molar-refractivity contribution in [2.24, 2.45) is 0 Å². The molecule has 0 bridgehead atoms. The predicted molar refractivity (Wildman–Crippen MR) is 104 cm³/mol. The molecule has 0 saturated heterocycles. The van der Waals surface area contributed by atoms with E-state index in [0.717, 1.165) is 22.1 Å². The van der Waals surface area contributed by atoms with Crippen LogP contribution in [-0.4, -0.2) is 29.5 Å². The lowest BCUT2D eigenvalue weighted by Crippen LogP contribution is -2.09. The van der Waals surface area contributed by atoms with Gasteiger partial charge in [0.05, 0.1) is 17.4 Å². The molecular formula is C19H16N8. The highest BCUT2D eigenvalue weighted by molar-refractivity contribution is 5.85. The van der Waals surface area contributed by atoms with Crippen LogP contribution in [0.2, 0.25) is 0 Å². The lowest BCUT2D eigenvalue weighted by atomic mass is 10.2. The number of nitrogens with one attached hydrogen (secondary N) is 2. The number of nitrogens with zero attached hydrogens (tertiary/aromatic N) is 5. The standard InChI is InChI=1S/C19H16N8/c20-18-24-13-8-4-5-9-14(13)27(18)19-25-16(15-17(26-19)23-11-22-15)21-10-12-6-2-1-3-7-12/h1-9,11H,10H2,(H2,20,24)(H2,21,22,23,25,26). The molecule has 0 aliphatic rings. The molecule has 4 N–H and O–H groups in total. The monoisotopic (exact) mass is 356 g/mol. The van der Waals surface area contributed by atoms with E-state index in [1.165, 1.54) is 0 Å². The van der Waals surface area contributed by atoms with E-state index in [1.807, 2.05) is 42.5 Å². The molecule has 0 radical (unpaired) electrons. The van der Waals surface area contributed by atoms with Gasteiger partial charge in [0.25, 0.3) is 0 Å². The smallest absolute Gasteiger partial charge is 0.241 e. The van der Waals surface area contributed by atoms with Crippen molar-refractivity contribution in [1.82, 2.24) is 29.5 Å². The van der Waals surface area contributed by atoms with Crippen LogP contribution >= 0.6 is 0 Å². The summed E-state index contributed by atoms with van der Waals surface area (Å²) < 4.78 is 1.73. The third-order valence-corrected chi connectivity index (χ3v) is 4.36. The van der Waals surface area contributed by atoms with Crippen LogP contribution in [0.25, 0.3) is 28.1 Å². The first-order chi connectivity index (χ1) is 13.3. The number of H-pyrrole nitrogens is 1. The van der Waals surface area contributed by atoms with Crippen LogP contribution in [0.5, 0.6) is 0 Å². The van der Waals surface area contributed by atoms with Gasteiger partial charge in [0.1, 0.15) is 5.52 Å². The lowest BCUT2D eigenvalue weighted by molar-refractivity contribution is 0.966. The first-order valence-electron chi connectivity index (χ1n) is 8.52. The lowest BCUT2D eigenvalue weighted by Gasteiger charge is -2.10. The maximum absolute atomic E-state index is 6.14. The molecule has 0 aliphatic heterocycles. The molecule has 3 heterocycles. The Balaban J connectivity index is 1.62. The zero-order valence-electron chi connectivity index (χ0n) is 14.3. The van der Waals surface area contributed by atoms with E-state index in [9.17, 15) is 0 Å². The van der Waals surface area contributed by atoms with Crippen molar-refractivity contribution >= 4 is 34.0 Å². The first-order valence-corrected chi connectivity index (χ1v) is 8.52. The number of nitrogen functional groups attached to an aromatic ring is 1. The Morgan fingerprint density at radius 3 is 2.67 bits per heavy atom. The number of benzene rings is 2. The number of rotatable bonds is 4. The topological polar surface area (TPSA) is 110 Å². The first kappa shape index (κ1) is 15.3. The van der Waals surface area contributed by atoms with E-state index in [1.54, 1.807) is 10.9 Å². The van der Waals surface area contributed by atoms with Gasteiger partial charge in [-0.1, -0.05) is 42.5 Å². The van der Waals surface area contributed by atoms with Crippen LogP contribution < -0.4 is 11.1 Å². The van der Waals surface area contributed by atoms with Crippen molar-refractivity contribution in [2.45, 2.75) is 6.54 Å². The summed E-state index contributed by atoms with van der Waals surface area (Å²) in [5.74, 6) is 1.42. The number of aromatic nitrogens is 6. The van der Waals surface area contributed by atoms with E-state index < -0.39 is 0 Å². The van der Waals surface area contributed by atoms with Gasteiger partial charge in [0.2, 0.25) is 11.9 Å². The van der Waals surface area contributed by atoms with E-state index in [0.29, 0.717) is 29.9 Å². The molecule has 0 atom stereocenters. The number of imidazole rings is 2. The summed E-state index contributed by atoms with van der Waals surface area (Å²) in [4.78, 5) is 21.0. The van der Waals surface area contributed by atoms with Crippen LogP contribution in [0.1, 0.15) is 5.56 Å². The van der Waals surface area contributed by atoms with Gasteiger partial charge in [-0.2, -0.15) is 9.97 Å². The Morgan fingerprint density at radius 1 is 0.963 bits per heavy atom. The van der Waals surface area contributed by atoms with Crippen molar-refractivity contribution in [3.8, 4) is 5.95 Å². The van der Waals surface area contributed by atoms with Crippen molar-refractivity contribution in [3.05, 3.63) is 66.5 Å². The van der Waals surface area contributed by atoms with Crippen LogP contribution in [0.3, 0.4) is 0 Å². The molecule has 132 valence electrons. The summed E-state index contributed by atoms with van der Waals surface area (Å²) in [6.45, 7) is 0.631. The quantitative estimate of drug-likeness (QED) is 0.457. The van der Waals surface area contributed by atoms with Gasteiger partial charge in [-0.05, 0) is 17.7 Å². The van der Waals surface area contributed by atoms with E-state index >= 15 is 0 Å². The van der Waals surface area contributed by atoms with E-state index in [2.05, 4.69) is 37.4 Å². The number of anilines is 2. The van der Waals surface area contributed by atoms with Gasteiger partial charge in [-0.3, -0.25) is 0 Å². The molecule has 8 heteroatoms. The number of para-hydroxylation sites is 2. The molecule has 0 fully saturated rings. The fourth-order valence-electron chi connectivity index (χ4n) is 3.09. The van der Waals surface area contributed by atoms with Crippen molar-refractivity contribution in [3.63, 3.8) is 0 Å². The fourth-order valence-corrected chi connectivity index (χ4v) is 3.09. The molecule has 8 nitrogen and oxygen atoms in total.